The molecule has 9 heteroatoms. The number of carbonyl (C=O) groups is 1. The number of hydrogen-bond donors (Lipinski definition) is 0. The van der Waals surface area contributed by atoms with Crippen molar-refractivity contribution in [1.82, 2.24) is 0 Å². The minimum atomic E-state index is -0.292. The highest BCUT2D eigenvalue weighted by molar-refractivity contribution is 9.11. The van der Waals surface area contributed by atoms with Crippen LogP contribution >= 0.6 is 47.8 Å². The average Bonchev–Trinajstić information content (AvgIpc) is 3.52. The molecule has 2 fully saturated rings. The first-order chi connectivity index (χ1) is 16.8. The summed E-state index contributed by atoms with van der Waals surface area (Å²) < 4.78 is 29.5. The molecular weight excluding hydrogens is 648 g/mol. The second-order valence-electron chi connectivity index (χ2n) is 8.55. The number of hydrogen-bond acceptors (Lipinski definition) is 6. The van der Waals surface area contributed by atoms with E-state index in [9.17, 15) is 4.79 Å². The van der Waals surface area contributed by atoms with Crippen LogP contribution in [-0.2, 0) is 30.9 Å². The zero-order valence-corrected chi connectivity index (χ0v) is 25.0. The number of aryl methyl sites for hydroxylation is 2. The van der Waals surface area contributed by atoms with Gasteiger partial charge >= 0.3 is 5.97 Å². The molecule has 2 saturated heterocycles. The largest absolute Gasteiger partial charge is 0.488 e. The number of ether oxygens (including phenoxy) is 5. The van der Waals surface area contributed by atoms with Gasteiger partial charge in [0.2, 0.25) is 0 Å². The third-order valence-corrected chi connectivity index (χ3v) is 8.44. The minimum Gasteiger partial charge on any atom is -0.488 e. The van der Waals surface area contributed by atoms with Crippen molar-refractivity contribution in [2.24, 2.45) is 0 Å². The molecule has 4 rings (SSSR count). The van der Waals surface area contributed by atoms with Gasteiger partial charge in [-0.05, 0) is 54.8 Å². The molecule has 0 aromatic heterocycles. The molecule has 6 nitrogen and oxygen atoms in total. The first kappa shape index (κ1) is 28.4. The Kier molecular flexibility index (Phi) is 11.4. The maximum atomic E-state index is 10.9. The Balaban J connectivity index is 0.000000198. The Morgan fingerprint density at radius 2 is 1.37 bits per heavy atom. The maximum absolute atomic E-state index is 10.9. The summed E-state index contributed by atoms with van der Waals surface area (Å²) in [5.74, 6) is 1.43. The molecule has 2 aromatic rings. The third kappa shape index (κ3) is 8.74. The van der Waals surface area contributed by atoms with Crippen molar-refractivity contribution >= 4 is 53.8 Å². The first-order valence-electron chi connectivity index (χ1n) is 11.5. The van der Waals surface area contributed by atoms with Gasteiger partial charge in [-0.15, -0.1) is 0 Å². The van der Waals surface area contributed by atoms with Gasteiger partial charge in [0.25, 0.3) is 0 Å². The Morgan fingerprint density at radius 3 is 1.80 bits per heavy atom. The lowest BCUT2D eigenvalue weighted by molar-refractivity contribution is -0.142. The van der Waals surface area contributed by atoms with Crippen LogP contribution < -0.4 is 9.47 Å². The molecule has 2 aromatic carbocycles. The second kappa shape index (κ2) is 14.0. The Hall–Kier alpha value is -1.13. The van der Waals surface area contributed by atoms with E-state index in [1.165, 1.54) is 18.1 Å². The zero-order chi connectivity index (χ0) is 25.4. The van der Waals surface area contributed by atoms with Gasteiger partial charge < -0.3 is 23.7 Å². The lowest BCUT2D eigenvalue weighted by Crippen LogP contribution is -2.16. The van der Waals surface area contributed by atoms with Crippen molar-refractivity contribution in [2.45, 2.75) is 57.8 Å². The van der Waals surface area contributed by atoms with E-state index in [4.69, 9.17) is 23.7 Å². The summed E-state index contributed by atoms with van der Waals surface area (Å²) in [4.78, 5) is 10.9. The monoisotopic (exact) mass is 676 g/mol. The summed E-state index contributed by atoms with van der Waals surface area (Å²) in [5, 5.41) is 0.826. The van der Waals surface area contributed by atoms with Crippen molar-refractivity contribution in [3.8, 4) is 11.5 Å². The molecule has 0 spiro atoms. The molecule has 0 radical (unpaired) electrons. The fourth-order valence-corrected chi connectivity index (χ4v) is 5.26. The maximum Gasteiger partial charge on any atom is 0.302 e. The molecule has 2 heterocycles. The molecule has 192 valence electrons. The lowest BCUT2D eigenvalue weighted by atomic mass is 10.1. The summed E-state index contributed by atoms with van der Waals surface area (Å²) in [5.41, 5.74) is 4.38. The van der Waals surface area contributed by atoms with Crippen molar-refractivity contribution in [3.05, 3.63) is 55.5 Å². The molecule has 0 bridgehead atoms. The van der Waals surface area contributed by atoms with Gasteiger partial charge in [-0.3, -0.25) is 4.79 Å². The van der Waals surface area contributed by atoms with Gasteiger partial charge in [0.05, 0.1) is 26.4 Å². The van der Waals surface area contributed by atoms with Gasteiger partial charge in [-0.25, -0.2) is 0 Å². The number of halogens is 3. The third-order valence-electron chi connectivity index (χ3n) is 5.56. The van der Waals surface area contributed by atoms with Crippen molar-refractivity contribution in [3.63, 3.8) is 0 Å². The fraction of sp³-hybridized carbons (Fsp3) is 0.500. The van der Waals surface area contributed by atoms with Gasteiger partial charge in [0, 0.05) is 39.6 Å². The average molecular weight is 679 g/mol. The summed E-state index contributed by atoms with van der Waals surface area (Å²) in [6.45, 7) is 8.61. The molecule has 0 amide bonds. The van der Waals surface area contributed by atoms with Crippen LogP contribution in [-0.4, -0.2) is 44.6 Å². The predicted molar refractivity (Wildman–Crippen MR) is 146 cm³/mol. The van der Waals surface area contributed by atoms with Gasteiger partial charge in [0.15, 0.2) is 0 Å². The zero-order valence-electron chi connectivity index (χ0n) is 20.2. The summed E-state index contributed by atoms with van der Waals surface area (Å²) in [6.07, 6.45) is 2.22. The second-order valence-corrected chi connectivity index (χ2v) is 10.7. The summed E-state index contributed by atoms with van der Waals surface area (Å²) in [7, 11) is 0. The van der Waals surface area contributed by atoms with Crippen molar-refractivity contribution in [2.75, 3.05) is 26.4 Å². The number of alkyl halides is 1. The van der Waals surface area contributed by atoms with E-state index in [2.05, 4.69) is 66.8 Å². The van der Waals surface area contributed by atoms with Crippen molar-refractivity contribution in [1.29, 1.82) is 0 Å². The molecule has 35 heavy (non-hydrogen) atoms. The number of carbonyl (C=O) groups excluding carboxylic acids is 1. The standard InChI is InChI=1S/C14H17BrO4.C12H14Br2O2/c1-9-5-13(19-12-3-4-17-8-12)6-11(14(9)15)7-18-10(2)16;1-8-4-11(5-9(6-13)12(8)14)16-10-2-3-15-7-10/h5-6,12H,3-4,7-8H2,1-2H3;4-5,10H,2-3,6-7H2,1H3/t12-;10-/m11/s1. The summed E-state index contributed by atoms with van der Waals surface area (Å²) >= 11 is 10.6. The SMILES string of the molecule is CC(=O)OCc1cc(O[C@@H]2CCOC2)cc(C)c1Br.Cc1cc(O[C@@H]2CCOC2)cc(CBr)c1Br. The first-order valence-corrected chi connectivity index (χ1v) is 14.2. The van der Waals surface area contributed by atoms with E-state index >= 15 is 0 Å². The molecule has 2 aliphatic rings. The molecule has 2 aliphatic heterocycles. The highest BCUT2D eigenvalue weighted by Gasteiger charge is 2.19. The van der Waals surface area contributed by atoms with Crippen LogP contribution in [0.4, 0.5) is 0 Å². The van der Waals surface area contributed by atoms with Crippen LogP contribution in [0.5, 0.6) is 11.5 Å². The highest BCUT2D eigenvalue weighted by atomic mass is 79.9. The smallest absolute Gasteiger partial charge is 0.302 e. The molecule has 0 unspecified atom stereocenters. The van der Waals surface area contributed by atoms with E-state index in [0.717, 1.165) is 63.0 Å². The van der Waals surface area contributed by atoms with Gasteiger partial charge in [-0.1, -0.05) is 47.8 Å². The van der Waals surface area contributed by atoms with Crippen LogP contribution in [0.2, 0.25) is 0 Å². The van der Waals surface area contributed by atoms with E-state index in [1.54, 1.807) is 0 Å². The van der Waals surface area contributed by atoms with Crippen LogP contribution in [0.1, 0.15) is 42.0 Å². The molecule has 0 saturated carbocycles. The highest BCUT2D eigenvalue weighted by Crippen LogP contribution is 2.30. The summed E-state index contributed by atoms with van der Waals surface area (Å²) in [6, 6.07) is 8.01. The number of benzene rings is 2. The molecular formula is C26H31Br3O6. The van der Waals surface area contributed by atoms with E-state index in [-0.39, 0.29) is 24.8 Å². The molecule has 2 atom stereocenters. The topological polar surface area (TPSA) is 63.2 Å². The fourth-order valence-electron chi connectivity index (χ4n) is 3.73. The van der Waals surface area contributed by atoms with Crippen LogP contribution in [0.3, 0.4) is 0 Å². The predicted octanol–water partition coefficient (Wildman–Crippen LogP) is 6.81. The number of esters is 1. The van der Waals surface area contributed by atoms with Crippen LogP contribution in [0.25, 0.3) is 0 Å². The number of rotatable bonds is 7. The van der Waals surface area contributed by atoms with Crippen molar-refractivity contribution < 1.29 is 28.5 Å². The van der Waals surface area contributed by atoms with Gasteiger partial charge in [-0.2, -0.15) is 0 Å². The Bertz CT molecular complexity index is 1000. The van der Waals surface area contributed by atoms with Crippen LogP contribution in [0.15, 0.2) is 33.2 Å². The van der Waals surface area contributed by atoms with E-state index in [1.807, 2.05) is 19.1 Å². The molecule has 0 N–H and O–H groups in total. The van der Waals surface area contributed by atoms with E-state index < -0.39 is 0 Å². The normalized spacial score (nSPS) is 19.1. The lowest BCUT2D eigenvalue weighted by Gasteiger charge is -2.15. The Morgan fingerprint density at radius 1 is 0.886 bits per heavy atom. The Labute approximate surface area is 232 Å². The molecule has 0 aliphatic carbocycles. The van der Waals surface area contributed by atoms with Gasteiger partial charge in [0.1, 0.15) is 30.3 Å². The van der Waals surface area contributed by atoms with Crippen LogP contribution in [0, 0.1) is 13.8 Å². The quantitative estimate of drug-likeness (QED) is 0.237. The van der Waals surface area contributed by atoms with E-state index in [0.29, 0.717) is 13.2 Å². The minimum absolute atomic E-state index is 0.113.